The van der Waals surface area contributed by atoms with Crippen LogP contribution in [-0.2, 0) is 4.74 Å². The van der Waals surface area contributed by atoms with Gasteiger partial charge in [-0.2, -0.15) is 0 Å². The summed E-state index contributed by atoms with van der Waals surface area (Å²) in [5.74, 6) is 0. The minimum Gasteiger partial charge on any atom is -0.376 e. The van der Waals surface area contributed by atoms with Crippen molar-refractivity contribution in [2.24, 2.45) is 0 Å². The van der Waals surface area contributed by atoms with Gasteiger partial charge in [-0.1, -0.05) is 18.9 Å². The van der Waals surface area contributed by atoms with Gasteiger partial charge in [0.15, 0.2) is 0 Å². The highest BCUT2D eigenvalue weighted by Gasteiger charge is 2.25. The molecule has 6 heteroatoms. The first-order valence-corrected chi connectivity index (χ1v) is 9.53. The summed E-state index contributed by atoms with van der Waals surface area (Å²) in [6.07, 6.45) is 7.14. The van der Waals surface area contributed by atoms with Crippen LogP contribution in [0, 0.1) is 0 Å². The average molecular weight is 346 g/mol. The predicted octanol–water partition coefficient (Wildman–Crippen LogP) is 2.43. The molecule has 0 spiro atoms. The lowest BCUT2D eigenvalue weighted by atomic mass is 10.1. The van der Waals surface area contributed by atoms with Gasteiger partial charge in [-0.3, -0.25) is 9.88 Å². The lowest BCUT2D eigenvalue weighted by molar-refractivity contribution is 0.0595. The molecule has 1 atom stereocenters. The van der Waals surface area contributed by atoms with Crippen LogP contribution in [0.15, 0.2) is 24.4 Å². The van der Waals surface area contributed by atoms with Crippen molar-refractivity contribution in [3.63, 3.8) is 0 Å². The molecule has 1 aliphatic carbocycles. The molecule has 2 aliphatic rings. The number of rotatable bonds is 6. The zero-order chi connectivity index (χ0) is 17.5. The van der Waals surface area contributed by atoms with E-state index in [2.05, 4.69) is 28.2 Å². The van der Waals surface area contributed by atoms with Crippen LogP contribution >= 0.6 is 0 Å². The Kier molecular flexibility index (Phi) is 6.64. The zero-order valence-electron chi connectivity index (χ0n) is 15.2. The number of piperazine rings is 1. The number of hydrogen-bond acceptors (Lipinski definition) is 4. The summed E-state index contributed by atoms with van der Waals surface area (Å²) in [6.45, 7) is 6.66. The van der Waals surface area contributed by atoms with Crippen molar-refractivity contribution in [1.82, 2.24) is 20.1 Å². The SMILES string of the molecule is CC(c1ccccn1)N1CCN(C(=O)NCCOC2CCCC2)CC1. The Morgan fingerprint density at radius 2 is 2.04 bits per heavy atom. The van der Waals surface area contributed by atoms with E-state index in [1.807, 2.05) is 23.2 Å². The van der Waals surface area contributed by atoms with Crippen LogP contribution in [0.2, 0.25) is 0 Å². The number of amides is 2. The molecule has 0 radical (unpaired) electrons. The minimum absolute atomic E-state index is 0.0279. The Morgan fingerprint density at radius 3 is 2.72 bits per heavy atom. The number of hydrogen-bond donors (Lipinski definition) is 1. The second-order valence-corrected chi connectivity index (χ2v) is 6.96. The Labute approximate surface area is 150 Å². The van der Waals surface area contributed by atoms with Gasteiger partial charge in [0.1, 0.15) is 0 Å². The minimum atomic E-state index is 0.0279. The van der Waals surface area contributed by atoms with Crippen molar-refractivity contribution in [2.75, 3.05) is 39.3 Å². The quantitative estimate of drug-likeness (QED) is 0.804. The number of nitrogens with one attached hydrogen (secondary N) is 1. The molecule has 2 heterocycles. The lowest BCUT2D eigenvalue weighted by Gasteiger charge is -2.37. The van der Waals surface area contributed by atoms with E-state index in [9.17, 15) is 4.79 Å². The molecule has 6 nitrogen and oxygen atoms in total. The standard InChI is InChI=1S/C19H30N4O2/c1-16(18-8-4-5-9-20-18)22-11-13-23(14-12-22)19(24)21-10-15-25-17-6-2-3-7-17/h4-5,8-9,16-17H,2-3,6-7,10-15H2,1H3,(H,21,24). The van der Waals surface area contributed by atoms with E-state index in [-0.39, 0.29) is 12.1 Å². The number of pyridine rings is 1. The van der Waals surface area contributed by atoms with Gasteiger partial charge < -0.3 is 15.0 Å². The molecule has 1 aliphatic heterocycles. The second-order valence-electron chi connectivity index (χ2n) is 6.96. The molecule has 2 amide bonds. The molecule has 138 valence electrons. The van der Waals surface area contributed by atoms with Crippen molar-refractivity contribution in [1.29, 1.82) is 0 Å². The fraction of sp³-hybridized carbons (Fsp3) is 0.684. The number of aromatic nitrogens is 1. The monoisotopic (exact) mass is 346 g/mol. The number of nitrogens with zero attached hydrogens (tertiary/aromatic N) is 3. The summed E-state index contributed by atoms with van der Waals surface area (Å²) in [5.41, 5.74) is 1.09. The van der Waals surface area contributed by atoms with Crippen molar-refractivity contribution < 1.29 is 9.53 Å². The van der Waals surface area contributed by atoms with Crippen LogP contribution in [0.4, 0.5) is 4.79 Å². The Bertz CT molecular complexity index is 525. The van der Waals surface area contributed by atoms with Crippen LogP contribution < -0.4 is 5.32 Å². The Hall–Kier alpha value is -1.66. The van der Waals surface area contributed by atoms with Gasteiger partial charge in [-0.05, 0) is 31.9 Å². The third-order valence-corrected chi connectivity index (χ3v) is 5.30. The third-order valence-electron chi connectivity index (χ3n) is 5.30. The molecule has 3 rings (SSSR count). The van der Waals surface area contributed by atoms with Crippen LogP contribution in [0.1, 0.15) is 44.3 Å². The molecule has 25 heavy (non-hydrogen) atoms. The number of carbonyl (C=O) groups excluding carboxylic acids is 1. The van der Waals surface area contributed by atoms with E-state index in [1.165, 1.54) is 25.7 Å². The van der Waals surface area contributed by atoms with E-state index in [0.717, 1.165) is 31.9 Å². The van der Waals surface area contributed by atoms with Gasteiger partial charge >= 0.3 is 6.03 Å². The first kappa shape index (κ1) is 18.1. The highest BCUT2D eigenvalue weighted by Crippen LogP contribution is 2.21. The van der Waals surface area contributed by atoms with Crippen molar-refractivity contribution in [3.05, 3.63) is 30.1 Å². The van der Waals surface area contributed by atoms with Gasteiger partial charge in [-0.25, -0.2) is 4.79 Å². The van der Waals surface area contributed by atoms with Gasteiger partial charge in [0.2, 0.25) is 0 Å². The third kappa shape index (κ3) is 5.16. The van der Waals surface area contributed by atoms with E-state index in [4.69, 9.17) is 4.74 Å². The molecule has 1 N–H and O–H groups in total. The molecule has 1 aromatic rings. The Morgan fingerprint density at radius 1 is 1.28 bits per heavy atom. The molecule has 1 saturated heterocycles. The highest BCUT2D eigenvalue weighted by atomic mass is 16.5. The number of ether oxygens (including phenoxy) is 1. The normalized spacial score (nSPS) is 20.6. The molecular formula is C19H30N4O2. The number of urea groups is 1. The largest absolute Gasteiger partial charge is 0.376 e. The number of carbonyl (C=O) groups is 1. The Balaban J connectivity index is 1.34. The summed E-state index contributed by atoms with van der Waals surface area (Å²) in [4.78, 5) is 21.0. The first-order valence-electron chi connectivity index (χ1n) is 9.53. The average Bonchev–Trinajstić information content (AvgIpc) is 3.19. The summed E-state index contributed by atoms with van der Waals surface area (Å²) in [5, 5.41) is 2.98. The van der Waals surface area contributed by atoms with Crippen LogP contribution in [0.5, 0.6) is 0 Å². The maximum atomic E-state index is 12.3. The van der Waals surface area contributed by atoms with Crippen molar-refractivity contribution in [3.8, 4) is 0 Å². The van der Waals surface area contributed by atoms with Gasteiger partial charge in [0.05, 0.1) is 18.4 Å². The fourth-order valence-corrected chi connectivity index (χ4v) is 3.67. The van der Waals surface area contributed by atoms with Gasteiger partial charge in [0, 0.05) is 45.0 Å². The van der Waals surface area contributed by atoms with Crippen LogP contribution in [-0.4, -0.2) is 66.2 Å². The lowest BCUT2D eigenvalue weighted by Crippen LogP contribution is -2.52. The summed E-state index contributed by atoms with van der Waals surface area (Å²) in [7, 11) is 0. The maximum absolute atomic E-state index is 12.3. The fourth-order valence-electron chi connectivity index (χ4n) is 3.67. The van der Waals surface area contributed by atoms with E-state index < -0.39 is 0 Å². The topological polar surface area (TPSA) is 57.7 Å². The molecule has 0 bridgehead atoms. The zero-order valence-corrected chi connectivity index (χ0v) is 15.2. The smallest absolute Gasteiger partial charge is 0.317 e. The summed E-state index contributed by atoms with van der Waals surface area (Å²) < 4.78 is 5.79. The molecular weight excluding hydrogens is 316 g/mol. The van der Waals surface area contributed by atoms with Gasteiger partial charge in [0.25, 0.3) is 0 Å². The van der Waals surface area contributed by atoms with E-state index in [1.54, 1.807) is 0 Å². The van der Waals surface area contributed by atoms with Crippen LogP contribution in [0.3, 0.4) is 0 Å². The predicted molar refractivity (Wildman–Crippen MR) is 97.4 cm³/mol. The molecule has 1 aromatic heterocycles. The second kappa shape index (κ2) is 9.15. The molecule has 0 aromatic carbocycles. The maximum Gasteiger partial charge on any atom is 0.317 e. The van der Waals surface area contributed by atoms with Crippen molar-refractivity contribution in [2.45, 2.75) is 44.8 Å². The first-order chi connectivity index (χ1) is 12.2. The van der Waals surface area contributed by atoms with Crippen LogP contribution in [0.25, 0.3) is 0 Å². The highest BCUT2D eigenvalue weighted by molar-refractivity contribution is 5.74. The van der Waals surface area contributed by atoms with Gasteiger partial charge in [-0.15, -0.1) is 0 Å². The summed E-state index contributed by atoms with van der Waals surface area (Å²) >= 11 is 0. The molecule has 1 saturated carbocycles. The van der Waals surface area contributed by atoms with Crippen molar-refractivity contribution >= 4 is 6.03 Å². The van der Waals surface area contributed by atoms with E-state index >= 15 is 0 Å². The van der Waals surface area contributed by atoms with E-state index in [0.29, 0.717) is 19.3 Å². The summed E-state index contributed by atoms with van der Waals surface area (Å²) in [6, 6.07) is 6.34. The molecule has 1 unspecified atom stereocenters. The molecule has 2 fully saturated rings.